The van der Waals surface area contributed by atoms with E-state index in [0.717, 1.165) is 5.56 Å². The molecule has 3 aliphatic rings. The molecule has 4 bridgehead atoms. The lowest BCUT2D eigenvalue weighted by Gasteiger charge is -2.36. The minimum atomic E-state index is -1.47. The number of aryl methyl sites for hydroxylation is 1. The standard InChI is InChI=1S/C54H53ClFN7O8S/c1-32-38-16-17-40(47(32)55)63(27-24-61-22-25-62(26-23-61)53(67)71-54(2,3)4)44(64)19-11-33-10-18-41(69-30-37-20-21-57-49(60-37)39-8-6-7-9-42(39)68-5)35(28-33)29-43(52(65)66)70-50-46-45(38)48(72-51(46)59-31-58-50)34-12-14-36(56)15-13-34/h6-10,12-18,20-21,28,31,43H,11,19,22-27,29-30H2,1-5H3,(H,65,66)/t43-/m1/s1. The maximum absolute atomic E-state index is 14.7. The second-order valence-corrected chi connectivity index (χ2v) is 19.9. The number of para-hydroxylation sites is 1. The third-order valence-electron chi connectivity index (χ3n) is 12.6. The van der Waals surface area contributed by atoms with Gasteiger partial charge in [-0.05, 0) is 104 Å². The Kier molecular flexibility index (Phi) is 14.7. The molecular weight excluding hydrogens is 961 g/mol. The SMILES string of the molecule is COc1ccccc1-c1nccc(COc2ccc3cc2C[C@H](C(=O)O)Oc2ncnc4sc(-c5ccc(F)cc5)c(c24)-c2ccc(c(Cl)c2C)N(CCN2CCN(C(=O)OC(C)(C)C)CC2)C(=O)CC3)n1. The van der Waals surface area contributed by atoms with Crippen molar-refractivity contribution in [1.29, 1.82) is 0 Å². The number of rotatable bonds is 10. The first kappa shape index (κ1) is 49.8. The Morgan fingerprint density at radius 2 is 1.69 bits per heavy atom. The molecule has 3 aliphatic heterocycles. The van der Waals surface area contributed by atoms with Crippen LogP contribution in [0.2, 0.25) is 5.02 Å². The summed E-state index contributed by atoms with van der Waals surface area (Å²) in [4.78, 5) is 66.1. The van der Waals surface area contributed by atoms with Gasteiger partial charge >= 0.3 is 12.1 Å². The Labute approximate surface area is 425 Å². The number of hydrogen-bond donors (Lipinski definition) is 1. The molecule has 4 aromatic carbocycles. The van der Waals surface area contributed by atoms with E-state index in [1.54, 1.807) is 47.4 Å². The number of benzene rings is 4. The van der Waals surface area contributed by atoms with Crippen LogP contribution in [0.25, 0.3) is 43.2 Å². The van der Waals surface area contributed by atoms with Crippen molar-refractivity contribution in [2.24, 2.45) is 0 Å². The molecule has 2 amide bonds. The molecule has 0 unspecified atom stereocenters. The van der Waals surface area contributed by atoms with Gasteiger partial charge in [0, 0.05) is 68.7 Å². The normalized spacial score (nSPS) is 15.5. The number of ether oxygens (including phenoxy) is 4. The Bertz CT molecular complexity index is 3160. The number of amides is 2. The van der Waals surface area contributed by atoms with Gasteiger partial charge in [-0.15, -0.1) is 11.3 Å². The zero-order valence-corrected chi connectivity index (χ0v) is 42.1. The number of carboxylic acids is 1. The molecule has 1 fully saturated rings. The molecule has 1 saturated heterocycles. The van der Waals surface area contributed by atoms with E-state index in [2.05, 4.69) is 19.9 Å². The van der Waals surface area contributed by atoms with Gasteiger partial charge in [0.1, 0.15) is 40.7 Å². The van der Waals surface area contributed by atoms with Crippen molar-refractivity contribution in [3.05, 3.63) is 131 Å². The van der Waals surface area contributed by atoms with Gasteiger partial charge in [-0.1, -0.05) is 54.1 Å². The van der Waals surface area contributed by atoms with E-state index in [-0.39, 0.29) is 37.3 Å². The first-order chi connectivity index (χ1) is 34.6. The summed E-state index contributed by atoms with van der Waals surface area (Å²) in [5.74, 6) is -0.340. The largest absolute Gasteiger partial charge is 0.496 e. The average Bonchev–Trinajstić information content (AvgIpc) is 3.76. The molecule has 15 nitrogen and oxygen atoms in total. The van der Waals surface area contributed by atoms with Gasteiger partial charge < -0.3 is 33.9 Å². The summed E-state index contributed by atoms with van der Waals surface area (Å²) < 4.78 is 38.5. The number of halogens is 2. The number of hydrogen-bond acceptors (Lipinski definition) is 13. The lowest BCUT2D eigenvalue weighted by atomic mass is 9.95. The number of piperazine rings is 1. The maximum Gasteiger partial charge on any atom is 0.410 e. The number of methoxy groups -OCH3 is 1. The van der Waals surface area contributed by atoms with Gasteiger partial charge in [-0.2, -0.15) is 0 Å². The summed E-state index contributed by atoms with van der Waals surface area (Å²) in [6.07, 6.45) is 1.40. The minimum absolute atomic E-state index is 0.0212. The first-order valence-electron chi connectivity index (χ1n) is 23.6. The number of carboxylic acid groups (broad SMARTS) is 1. The number of nitrogens with zero attached hydrogens (tertiary/aromatic N) is 7. The summed E-state index contributed by atoms with van der Waals surface area (Å²) in [5, 5.41) is 11.7. The predicted molar refractivity (Wildman–Crippen MR) is 273 cm³/mol. The number of carbonyl (C=O) groups is 3. The highest BCUT2D eigenvalue weighted by atomic mass is 35.5. The van der Waals surface area contributed by atoms with E-state index < -0.39 is 23.5 Å². The minimum Gasteiger partial charge on any atom is -0.496 e. The van der Waals surface area contributed by atoms with Crippen LogP contribution in [0.4, 0.5) is 14.9 Å². The average molecular weight is 1010 g/mol. The highest BCUT2D eigenvalue weighted by Crippen LogP contribution is 2.50. The van der Waals surface area contributed by atoms with Crippen LogP contribution in [0.1, 0.15) is 49.6 Å². The van der Waals surface area contributed by atoms with Crippen molar-refractivity contribution in [2.75, 3.05) is 51.3 Å². The zero-order valence-electron chi connectivity index (χ0n) is 40.5. The molecule has 0 saturated carbocycles. The second-order valence-electron chi connectivity index (χ2n) is 18.5. The molecule has 6 heterocycles. The van der Waals surface area contributed by atoms with E-state index in [0.29, 0.717) is 128 Å². The zero-order chi connectivity index (χ0) is 50.7. The molecule has 7 aromatic rings. The second kappa shape index (κ2) is 21.2. The molecule has 3 aromatic heterocycles. The van der Waals surface area contributed by atoms with Crippen LogP contribution in [0.15, 0.2) is 97.5 Å². The number of carbonyl (C=O) groups excluding carboxylic acids is 2. The summed E-state index contributed by atoms with van der Waals surface area (Å²) in [5.41, 5.74) is 5.07. The van der Waals surface area contributed by atoms with Crippen molar-refractivity contribution in [1.82, 2.24) is 29.7 Å². The molecular formula is C54H53ClFN7O8S. The number of aromatic nitrogens is 4. The first-order valence-corrected chi connectivity index (χ1v) is 24.8. The highest BCUT2D eigenvalue weighted by Gasteiger charge is 2.31. The van der Waals surface area contributed by atoms with Crippen LogP contribution in [-0.2, 0) is 33.8 Å². The number of fused-ring (bicyclic) bond motifs is 7. The molecule has 10 rings (SSSR count). The van der Waals surface area contributed by atoms with Crippen molar-refractivity contribution in [2.45, 2.75) is 65.3 Å². The van der Waals surface area contributed by atoms with E-state index in [9.17, 15) is 23.9 Å². The third kappa shape index (κ3) is 11.0. The summed E-state index contributed by atoms with van der Waals surface area (Å²) in [6.45, 7) is 10.4. The molecule has 72 heavy (non-hydrogen) atoms. The molecule has 0 aliphatic carbocycles. The van der Waals surface area contributed by atoms with Crippen LogP contribution in [-0.4, -0.2) is 111 Å². The topological polar surface area (TPSA) is 170 Å². The third-order valence-corrected chi connectivity index (χ3v) is 14.2. The van der Waals surface area contributed by atoms with Crippen LogP contribution in [0.3, 0.4) is 0 Å². The summed E-state index contributed by atoms with van der Waals surface area (Å²) >= 11 is 8.73. The summed E-state index contributed by atoms with van der Waals surface area (Å²) in [6, 6.07) is 24.4. The fourth-order valence-electron chi connectivity index (χ4n) is 8.89. The fourth-order valence-corrected chi connectivity index (χ4v) is 10.3. The Hall–Kier alpha value is -7.21. The Morgan fingerprint density at radius 3 is 2.44 bits per heavy atom. The highest BCUT2D eigenvalue weighted by molar-refractivity contribution is 7.22. The van der Waals surface area contributed by atoms with Crippen molar-refractivity contribution in [3.8, 4) is 50.3 Å². The fraction of sp³-hybridized carbons (Fsp3) is 0.315. The van der Waals surface area contributed by atoms with Gasteiger partial charge in [0.25, 0.3) is 0 Å². The number of thiophene rings is 1. The smallest absolute Gasteiger partial charge is 0.410 e. The van der Waals surface area contributed by atoms with Gasteiger partial charge in [-0.25, -0.2) is 33.9 Å². The van der Waals surface area contributed by atoms with Crippen LogP contribution in [0, 0.1) is 12.7 Å². The summed E-state index contributed by atoms with van der Waals surface area (Å²) in [7, 11) is 1.58. The lowest BCUT2D eigenvalue weighted by Crippen LogP contribution is -2.51. The molecule has 1 N–H and O–H groups in total. The Morgan fingerprint density at radius 1 is 0.917 bits per heavy atom. The Balaban J connectivity index is 1.10. The molecule has 0 spiro atoms. The monoisotopic (exact) mass is 1010 g/mol. The number of aliphatic carboxylic acids is 1. The molecule has 0 radical (unpaired) electrons. The van der Waals surface area contributed by atoms with Crippen LogP contribution >= 0.6 is 22.9 Å². The van der Waals surface area contributed by atoms with Gasteiger partial charge in [0.2, 0.25) is 17.9 Å². The maximum atomic E-state index is 14.7. The van der Waals surface area contributed by atoms with Crippen LogP contribution in [0.5, 0.6) is 17.4 Å². The molecule has 18 heteroatoms. The van der Waals surface area contributed by atoms with Gasteiger partial charge in [-0.3, -0.25) is 9.69 Å². The van der Waals surface area contributed by atoms with E-state index >= 15 is 0 Å². The van der Waals surface area contributed by atoms with E-state index in [1.165, 1.54) is 29.8 Å². The van der Waals surface area contributed by atoms with Crippen molar-refractivity contribution in [3.63, 3.8) is 0 Å². The van der Waals surface area contributed by atoms with Crippen molar-refractivity contribution >= 4 is 56.8 Å². The van der Waals surface area contributed by atoms with Gasteiger partial charge in [0.15, 0.2) is 5.82 Å². The number of anilines is 1. The lowest BCUT2D eigenvalue weighted by molar-refractivity contribution is -0.145. The van der Waals surface area contributed by atoms with Gasteiger partial charge in [0.05, 0.1) is 34.5 Å². The van der Waals surface area contributed by atoms with Crippen molar-refractivity contribution < 1.29 is 42.8 Å². The van der Waals surface area contributed by atoms with E-state index in [1.807, 2.05) is 76.2 Å². The van der Waals surface area contributed by atoms with Crippen LogP contribution < -0.4 is 19.1 Å². The molecule has 1 atom stereocenters. The predicted octanol–water partition coefficient (Wildman–Crippen LogP) is 10.1. The molecule has 372 valence electrons. The quantitative estimate of drug-likeness (QED) is 0.138. The van der Waals surface area contributed by atoms with E-state index in [4.69, 9.17) is 35.5 Å².